The molecule has 1 saturated heterocycles. The fourth-order valence-electron chi connectivity index (χ4n) is 2.34. The van der Waals surface area contributed by atoms with Gasteiger partial charge < -0.3 is 14.8 Å². The molecule has 0 spiro atoms. The summed E-state index contributed by atoms with van der Waals surface area (Å²) in [4.78, 5) is 0. The van der Waals surface area contributed by atoms with Gasteiger partial charge in [0.1, 0.15) is 6.61 Å². The highest BCUT2D eigenvalue weighted by Crippen LogP contribution is 2.26. The van der Waals surface area contributed by atoms with Gasteiger partial charge in [-0.2, -0.15) is 13.2 Å². The Balaban J connectivity index is 2.45. The van der Waals surface area contributed by atoms with Crippen LogP contribution in [-0.4, -0.2) is 66.1 Å². The molecule has 0 aromatic heterocycles. The van der Waals surface area contributed by atoms with Crippen molar-refractivity contribution in [3.05, 3.63) is 0 Å². The third-order valence-corrected chi connectivity index (χ3v) is 5.22. The normalized spacial score (nSPS) is 23.3. The quantitative estimate of drug-likeness (QED) is 0.634. The summed E-state index contributed by atoms with van der Waals surface area (Å²) in [6.07, 6.45) is -3.88. The molecule has 0 radical (unpaired) electrons. The van der Waals surface area contributed by atoms with Crippen molar-refractivity contribution in [2.24, 2.45) is 11.8 Å². The minimum Gasteiger partial charge on any atom is -0.383 e. The number of methoxy groups -OCH3 is 1. The van der Waals surface area contributed by atoms with Crippen LogP contribution >= 0.6 is 0 Å². The van der Waals surface area contributed by atoms with E-state index in [2.05, 4.69) is 5.32 Å². The number of hydrogen-bond donors (Lipinski definition) is 1. The maximum atomic E-state index is 12.1. The Morgan fingerprint density at radius 3 is 2.62 bits per heavy atom. The first-order chi connectivity index (χ1) is 9.73. The van der Waals surface area contributed by atoms with Crippen LogP contribution in [0, 0.1) is 11.8 Å². The summed E-state index contributed by atoms with van der Waals surface area (Å²) in [7, 11) is -1.51. The fourth-order valence-corrected chi connectivity index (χ4v) is 4.26. The molecule has 2 atom stereocenters. The second kappa shape index (κ2) is 8.30. The van der Waals surface area contributed by atoms with Gasteiger partial charge in [-0.1, -0.05) is 0 Å². The van der Waals surface area contributed by atoms with Crippen molar-refractivity contribution < 1.29 is 31.1 Å². The standard InChI is InChI=1S/C12H22F3NO4S/c1-19-4-3-16-6-11(7-20-9-12(13,14)15)10-2-5-21(17,18)8-10/h10-11,16H,2-9H2,1H3. The van der Waals surface area contributed by atoms with Crippen LogP contribution in [0.2, 0.25) is 0 Å². The zero-order chi connectivity index (χ0) is 15.9. The first-order valence-electron chi connectivity index (χ1n) is 6.78. The molecule has 5 nitrogen and oxygen atoms in total. The van der Waals surface area contributed by atoms with Gasteiger partial charge in [0, 0.05) is 20.2 Å². The topological polar surface area (TPSA) is 64.6 Å². The molecule has 1 aliphatic rings. The zero-order valence-electron chi connectivity index (χ0n) is 12.0. The van der Waals surface area contributed by atoms with Crippen LogP contribution in [0.5, 0.6) is 0 Å². The molecule has 1 fully saturated rings. The summed E-state index contributed by atoms with van der Waals surface area (Å²) in [6.45, 7) is 0.0625. The van der Waals surface area contributed by atoms with E-state index in [0.717, 1.165) is 0 Å². The molecule has 126 valence electrons. The summed E-state index contributed by atoms with van der Waals surface area (Å²) in [5.41, 5.74) is 0. The lowest BCUT2D eigenvalue weighted by molar-refractivity contribution is -0.177. The Bertz CT molecular complexity index is 400. The van der Waals surface area contributed by atoms with Crippen LogP contribution in [-0.2, 0) is 19.3 Å². The molecule has 2 unspecified atom stereocenters. The smallest absolute Gasteiger partial charge is 0.383 e. The molecule has 1 rings (SSSR count). The summed E-state index contributed by atoms with van der Waals surface area (Å²) >= 11 is 0. The lowest BCUT2D eigenvalue weighted by atomic mass is 9.92. The van der Waals surface area contributed by atoms with Crippen molar-refractivity contribution in [3.8, 4) is 0 Å². The molecule has 0 aliphatic carbocycles. The van der Waals surface area contributed by atoms with Gasteiger partial charge in [-0.25, -0.2) is 8.42 Å². The molecule has 1 N–H and O–H groups in total. The monoisotopic (exact) mass is 333 g/mol. The van der Waals surface area contributed by atoms with Gasteiger partial charge in [0.15, 0.2) is 9.84 Å². The molecule has 9 heteroatoms. The summed E-state index contributed by atoms with van der Waals surface area (Å²) in [5, 5.41) is 3.06. The zero-order valence-corrected chi connectivity index (χ0v) is 12.8. The van der Waals surface area contributed by atoms with E-state index >= 15 is 0 Å². The van der Waals surface area contributed by atoms with E-state index < -0.39 is 22.6 Å². The van der Waals surface area contributed by atoms with Crippen molar-refractivity contribution in [2.75, 3.05) is 51.5 Å². The Morgan fingerprint density at radius 2 is 2.10 bits per heavy atom. The van der Waals surface area contributed by atoms with E-state index in [1.807, 2.05) is 0 Å². The molecule has 21 heavy (non-hydrogen) atoms. The number of nitrogens with one attached hydrogen (secondary N) is 1. The molecule has 1 heterocycles. The second-order valence-electron chi connectivity index (χ2n) is 5.25. The average molecular weight is 333 g/mol. The lowest BCUT2D eigenvalue weighted by Crippen LogP contribution is -2.34. The molecule has 0 saturated carbocycles. The van der Waals surface area contributed by atoms with Crippen LogP contribution in [0.15, 0.2) is 0 Å². The van der Waals surface area contributed by atoms with Gasteiger partial charge in [0.25, 0.3) is 0 Å². The van der Waals surface area contributed by atoms with Crippen LogP contribution in [0.1, 0.15) is 6.42 Å². The molecular weight excluding hydrogens is 311 g/mol. The molecule has 1 aliphatic heterocycles. The van der Waals surface area contributed by atoms with Crippen molar-refractivity contribution in [3.63, 3.8) is 0 Å². The maximum Gasteiger partial charge on any atom is 0.411 e. The van der Waals surface area contributed by atoms with Gasteiger partial charge >= 0.3 is 6.18 Å². The second-order valence-corrected chi connectivity index (χ2v) is 7.48. The SMILES string of the molecule is COCCNCC(COCC(F)(F)F)C1CCS(=O)(=O)C1. The van der Waals surface area contributed by atoms with Crippen molar-refractivity contribution in [2.45, 2.75) is 12.6 Å². The van der Waals surface area contributed by atoms with Gasteiger partial charge in [-0.05, 0) is 18.3 Å². The molecule has 0 aromatic rings. The minimum absolute atomic E-state index is 0.0268. The number of rotatable bonds is 9. The lowest BCUT2D eigenvalue weighted by Gasteiger charge is -2.23. The van der Waals surface area contributed by atoms with Gasteiger partial charge in [-0.3, -0.25) is 0 Å². The van der Waals surface area contributed by atoms with E-state index in [4.69, 9.17) is 9.47 Å². The van der Waals surface area contributed by atoms with E-state index in [-0.39, 0.29) is 29.9 Å². The molecule has 0 bridgehead atoms. The third kappa shape index (κ3) is 7.98. The molecular formula is C12H22F3NO4S. The van der Waals surface area contributed by atoms with E-state index in [1.165, 1.54) is 0 Å². The Hall–Kier alpha value is -0.380. The van der Waals surface area contributed by atoms with E-state index in [1.54, 1.807) is 7.11 Å². The van der Waals surface area contributed by atoms with Crippen LogP contribution in [0.4, 0.5) is 13.2 Å². The Labute approximate surface area is 123 Å². The number of ether oxygens (including phenoxy) is 2. The van der Waals surface area contributed by atoms with Crippen LogP contribution in [0.25, 0.3) is 0 Å². The van der Waals surface area contributed by atoms with Crippen LogP contribution in [0.3, 0.4) is 0 Å². The van der Waals surface area contributed by atoms with Crippen molar-refractivity contribution in [1.82, 2.24) is 5.32 Å². The summed E-state index contributed by atoms with van der Waals surface area (Å²) in [5.74, 6) is -0.274. The Kier molecular flexibility index (Phi) is 7.38. The highest BCUT2D eigenvalue weighted by Gasteiger charge is 2.34. The highest BCUT2D eigenvalue weighted by atomic mass is 32.2. The number of hydrogen-bond acceptors (Lipinski definition) is 5. The largest absolute Gasteiger partial charge is 0.411 e. The Morgan fingerprint density at radius 1 is 1.38 bits per heavy atom. The van der Waals surface area contributed by atoms with Gasteiger partial charge in [0.05, 0.1) is 24.7 Å². The average Bonchev–Trinajstić information content (AvgIpc) is 2.71. The van der Waals surface area contributed by atoms with Crippen molar-refractivity contribution >= 4 is 9.84 Å². The van der Waals surface area contributed by atoms with E-state index in [0.29, 0.717) is 26.1 Å². The van der Waals surface area contributed by atoms with Gasteiger partial charge in [-0.15, -0.1) is 0 Å². The fraction of sp³-hybridized carbons (Fsp3) is 1.00. The minimum atomic E-state index is -4.37. The molecule has 0 amide bonds. The van der Waals surface area contributed by atoms with Gasteiger partial charge in [0.2, 0.25) is 0 Å². The highest BCUT2D eigenvalue weighted by molar-refractivity contribution is 7.91. The molecule has 0 aromatic carbocycles. The third-order valence-electron chi connectivity index (χ3n) is 3.42. The predicted molar refractivity (Wildman–Crippen MR) is 71.9 cm³/mol. The van der Waals surface area contributed by atoms with E-state index in [9.17, 15) is 21.6 Å². The predicted octanol–water partition coefficient (Wildman–Crippen LogP) is 0.852. The first-order valence-corrected chi connectivity index (χ1v) is 8.60. The summed E-state index contributed by atoms with van der Waals surface area (Å²) < 4.78 is 68.9. The number of alkyl halides is 3. The number of sulfone groups is 1. The first kappa shape index (κ1) is 18.7. The van der Waals surface area contributed by atoms with Crippen LogP contribution < -0.4 is 5.32 Å². The summed E-state index contributed by atoms with van der Waals surface area (Å²) in [6, 6.07) is 0. The van der Waals surface area contributed by atoms with Crippen molar-refractivity contribution in [1.29, 1.82) is 0 Å². The maximum absolute atomic E-state index is 12.1. The number of halogens is 3.